The van der Waals surface area contributed by atoms with Crippen molar-refractivity contribution in [3.8, 4) is 5.75 Å². The number of amides is 16. The van der Waals surface area contributed by atoms with Gasteiger partial charge in [0.1, 0.15) is 72.2 Å². The van der Waals surface area contributed by atoms with Gasteiger partial charge in [-0.15, -0.1) is 11.8 Å². The molecule has 2 aromatic heterocycles. The van der Waals surface area contributed by atoms with E-state index < -0.39 is 223 Å². The zero-order valence-electron chi connectivity index (χ0n) is 77.9. The summed E-state index contributed by atoms with van der Waals surface area (Å²) in [7, 11) is 4.08. The highest BCUT2D eigenvalue weighted by Gasteiger charge is 2.46. The zero-order chi connectivity index (χ0) is 97.2. The van der Waals surface area contributed by atoms with Crippen LogP contribution in [0.25, 0.3) is 21.8 Å². The second-order valence-corrected chi connectivity index (χ2v) is 37.3. The van der Waals surface area contributed by atoms with Crippen molar-refractivity contribution in [1.29, 1.82) is 0 Å². The number of Topliss-reactive ketones (excluding diaryl/α,β-unsaturated/α-hetero) is 1. The number of aromatic hydroxyl groups is 1. The lowest BCUT2D eigenvalue weighted by atomic mass is 9.90. The van der Waals surface area contributed by atoms with Crippen molar-refractivity contribution in [3.05, 3.63) is 102 Å². The summed E-state index contributed by atoms with van der Waals surface area (Å²) in [5, 5.41) is 57.8. The summed E-state index contributed by atoms with van der Waals surface area (Å²) in [5.41, 5.74) is 8.77. The summed E-state index contributed by atoms with van der Waals surface area (Å²) >= 11 is 0.833. The van der Waals surface area contributed by atoms with Crippen molar-refractivity contribution < 1.29 is 96.8 Å². The van der Waals surface area contributed by atoms with Crippen molar-refractivity contribution in [2.24, 2.45) is 23.5 Å². The first-order chi connectivity index (χ1) is 63.3. The van der Waals surface area contributed by atoms with Crippen molar-refractivity contribution in [2.45, 2.75) is 262 Å². The molecule has 6 heterocycles. The van der Waals surface area contributed by atoms with Gasteiger partial charge in [-0.05, 0) is 124 Å². The number of nitrogens with one attached hydrogen (secondary N) is 11. The maximum Gasteiger partial charge on any atom is 0.246 e. The molecule has 3 aromatic carbocycles. The molecule has 4 fully saturated rings. The Morgan fingerprint density at radius 1 is 0.541 bits per heavy atom. The Bertz CT molecular complexity index is 4960. The van der Waals surface area contributed by atoms with E-state index in [1.54, 1.807) is 59.1 Å². The van der Waals surface area contributed by atoms with Crippen LogP contribution in [0, 0.1) is 17.8 Å². The number of thioether (sulfide) groups is 1. The van der Waals surface area contributed by atoms with Crippen LogP contribution < -0.4 is 53.6 Å². The summed E-state index contributed by atoms with van der Waals surface area (Å²) in [6.45, 7) is 12.5. The van der Waals surface area contributed by atoms with Gasteiger partial charge < -0.3 is 108 Å². The lowest BCUT2D eigenvalue weighted by Crippen LogP contribution is -2.60. The molecule has 5 aromatic rings. The highest BCUT2D eigenvalue weighted by Crippen LogP contribution is 2.30. The molecule has 38 nitrogen and oxygen atoms in total. The van der Waals surface area contributed by atoms with Crippen LogP contribution in [0.5, 0.6) is 5.75 Å². The third-order valence-corrected chi connectivity index (χ3v) is 26.2. The lowest BCUT2D eigenvalue weighted by Gasteiger charge is -2.36. The van der Waals surface area contributed by atoms with E-state index in [4.69, 9.17) is 5.73 Å². The van der Waals surface area contributed by atoms with Gasteiger partial charge in [-0.2, -0.15) is 0 Å². The molecule has 4 saturated heterocycles. The van der Waals surface area contributed by atoms with Crippen LogP contribution in [0.2, 0.25) is 0 Å². The van der Waals surface area contributed by atoms with Gasteiger partial charge >= 0.3 is 0 Å². The highest BCUT2D eigenvalue weighted by molar-refractivity contribution is 8.00. The van der Waals surface area contributed by atoms with Crippen LogP contribution in [0.1, 0.15) is 175 Å². The Labute approximate surface area is 779 Å². The number of aliphatic hydroxyl groups excluding tert-OH is 2. The largest absolute Gasteiger partial charge is 0.508 e. The summed E-state index contributed by atoms with van der Waals surface area (Å²) in [6, 6.07) is 3.21. The maximum absolute atomic E-state index is 15.6. The molecular weight excluding hydrogens is 1730 g/mol. The number of primary amides is 1. The van der Waals surface area contributed by atoms with Gasteiger partial charge in [0.05, 0.1) is 43.5 Å². The lowest BCUT2D eigenvalue weighted by molar-refractivity contribution is -0.149. The number of aromatic nitrogens is 2. The Kier molecular flexibility index (Phi) is 39.1. The molecule has 16 amide bonds. The van der Waals surface area contributed by atoms with Gasteiger partial charge in [0.2, 0.25) is 94.5 Å². The van der Waals surface area contributed by atoms with E-state index >= 15 is 33.6 Å². The minimum atomic E-state index is -1.73. The summed E-state index contributed by atoms with van der Waals surface area (Å²) in [4.78, 5) is 264. The number of rotatable bonds is 22. The molecule has 16 N–H and O–H groups in total. The number of phenolic OH excluding ortho intramolecular Hbond substituents is 1. The molecule has 9 rings (SSSR count). The predicted octanol–water partition coefficient (Wildman–Crippen LogP) is 1.53. The van der Waals surface area contributed by atoms with Crippen LogP contribution in [-0.2, 0) is 101 Å². The fourth-order valence-corrected chi connectivity index (χ4v) is 18.4. The molecule has 0 aliphatic carbocycles. The molecule has 14 atom stereocenters. The number of hydrogen-bond donors (Lipinski definition) is 15. The van der Waals surface area contributed by atoms with E-state index in [1.807, 2.05) is 50.2 Å². The Morgan fingerprint density at radius 2 is 1.09 bits per heavy atom. The summed E-state index contributed by atoms with van der Waals surface area (Å²) in [6.07, 6.45) is 2.24. The maximum atomic E-state index is 15.6. The monoisotopic (exact) mass is 1870 g/mol. The number of likely N-dealkylation sites (N-methyl/N-ethyl adjacent to an activating group) is 3. The molecule has 0 radical (unpaired) electrons. The van der Waals surface area contributed by atoms with Crippen LogP contribution in [-0.4, -0.2) is 312 Å². The average Bonchev–Trinajstić information content (AvgIpc) is 1.72. The first-order valence-electron chi connectivity index (χ1n) is 46.3. The number of aromatic amines is 2. The first-order valence-corrected chi connectivity index (χ1v) is 47.4. The van der Waals surface area contributed by atoms with Gasteiger partial charge in [-0.1, -0.05) is 123 Å². The van der Waals surface area contributed by atoms with E-state index in [1.165, 1.54) is 71.9 Å². The van der Waals surface area contributed by atoms with E-state index in [0.717, 1.165) is 26.9 Å². The number of ketones is 1. The van der Waals surface area contributed by atoms with Gasteiger partial charge in [-0.3, -0.25) is 81.5 Å². The van der Waals surface area contributed by atoms with Gasteiger partial charge in [0, 0.05) is 119 Å². The van der Waals surface area contributed by atoms with Crippen molar-refractivity contribution in [1.82, 2.24) is 87.2 Å². The fraction of sp³-hybridized carbons (Fsp3) is 0.585. The van der Waals surface area contributed by atoms with E-state index in [-0.39, 0.29) is 120 Å². The first kappa shape index (κ1) is 105. The SMILES string of the molecule is CCCC[C@H]1C(=O)N(C)[C@@H](CCCC)C(=O)N[C@@H](CC(C)C)C(=O)N[C@H](C(=O)NCC(=O)N2CCC(O)CC2)CSCC(=O)N[C@@H](Cc2ccc(O)cc2)C(=O)N(C)[C@@H](C)C(=O)N[C@@H](CC(N)=O)C(=O)N2CCC[C@H]2C(=O)N[C@@H](CC)C(=O)N[C@@H](CC(C)C)C(=O)N2C[C@H](O)C[C@H]2C(=O)C[C@@H](Cc2c[nH]c3ccccc23)C(=O)NCC(=O)NC(Cc2c[nH]c3ccccc23)C(=O)N1C. The Balaban J connectivity index is 1.07. The third-order valence-electron chi connectivity index (χ3n) is 25.2. The Morgan fingerprint density at radius 3 is 1.71 bits per heavy atom. The average molecular weight is 1870 g/mol. The van der Waals surface area contributed by atoms with E-state index in [9.17, 15) is 63.3 Å². The zero-order valence-corrected chi connectivity index (χ0v) is 78.8. The van der Waals surface area contributed by atoms with Crippen LogP contribution in [0.3, 0.4) is 0 Å². The number of piperidine rings is 1. The molecule has 0 saturated carbocycles. The minimum Gasteiger partial charge on any atom is -0.508 e. The van der Waals surface area contributed by atoms with Crippen LogP contribution >= 0.6 is 11.8 Å². The van der Waals surface area contributed by atoms with Crippen molar-refractivity contribution >= 4 is 134 Å². The number of carbonyl (C=O) groups is 17. The second-order valence-electron chi connectivity index (χ2n) is 36.2. The quantitative estimate of drug-likeness (QED) is 0.0467. The molecule has 726 valence electrons. The topological polar surface area (TPSA) is 536 Å². The molecule has 0 spiro atoms. The number of likely N-dealkylation sites (tertiary alicyclic amines) is 1. The van der Waals surface area contributed by atoms with Gasteiger partial charge in [0.15, 0.2) is 5.78 Å². The van der Waals surface area contributed by atoms with Crippen molar-refractivity contribution in [2.75, 3.05) is 71.9 Å². The molecule has 4 aliphatic rings. The number of nitrogens with two attached hydrogens (primary N) is 1. The Hall–Kier alpha value is -12.0. The van der Waals surface area contributed by atoms with E-state index in [2.05, 4.69) is 57.8 Å². The normalized spacial score (nSPS) is 25.4. The smallest absolute Gasteiger partial charge is 0.246 e. The number of para-hydroxylation sites is 2. The van der Waals surface area contributed by atoms with Gasteiger partial charge in [0.25, 0.3) is 0 Å². The number of carbonyl (C=O) groups excluding carboxylic acids is 17. The predicted molar refractivity (Wildman–Crippen MR) is 496 cm³/mol. The molecule has 0 bridgehead atoms. The molecule has 4 aliphatic heterocycles. The van der Waals surface area contributed by atoms with Gasteiger partial charge in [-0.25, -0.2) is 0 Å². The second kappa shape index (κ2) is 49.7. The number of unbranched alkanes of at least 4 members (excludes halogenated alkanes) is 2. The fourth-order valence-electron chi connectivity index (χ4n) is 17.5. The number of benzene rings is 3. The minimum absolute atomic E-state index is 0.000659. The number of fused-ring (bicyclic) bond motifs is 4. The number of aliphatic hydroxyl groups is 2. The molecular formula is C94H134N18O20S. The van der Waals surface area contributed by atoms with Crippen molar-refractivity contribution in [3.63, 3.8) is 0 Å². The number of phenols is 1. The molecule has 39 heteroatoms. The number of nitrogens with zero attached hydrogens (tertiary/aromatic N) is 6. The van der Waals surface area contributed by atoms with Crippen LogP contribution in [0.4, 0.5) is 0 Å². The van der Waals surface area contributed by atoms with E-state index in [0.29, 0.717) is 71.6 Å². The third kappa shape index (κ3) is 29.0. The number of hydrogen-bond acceptors (Lipinski definition) is 21. The molecule has 1 unspecified atom stereocenters. The summed E-state index contributed by atoms with van der Waals surface area (Å²) in [5.74, 6) is -16.5. The molecule has 133 heavy (non-hydrogen) atoms. The summed E-state index contributed by atoms with van der Waals surface area (Å²) < 4.78 is 0. The van der Waals surface area contributed by atoms with Crippen LogP contribution in [0.15, 0.2) is 85.2 Å². The standard InChI is InChI=1S/C94H134N18O20S/c1-12-15-26-74-88(126)103-68(38-53(4)5)87(125)106-73(85(123)99-49-82(120)110-36-33-61(114)34-37-110)51-133-52-81(119)101-70(40-56-29-31-60(113)32-30-56)90(128)107(9)55(8)83(121)104-72(45-79(95)117)92(130)111-35-21-28-75(111)89(127)102-65(14-3)86(124)105-69(39-54(6)7)93(131)112-50-62(115)44-77(112)78(116)43-57(41-58-46-96-66-24-19-17-22-63(58)66)84(122)98-48-80(118)100-71(42-59-47-97-67-25-20-18-23-64(59)67)91(129)109(11)76(27-16-13-2)94(132)108(74)10/h17-20,22-25,29-32,46-47,53-55,57,61-62,65,68-77,96-97,113-115H,12-16,21,26-28,33-45,48-52H2,1-11H3,(H2,95,117)(H,98,122)(H,99,123)(H,100,118)(H,101,119)(H,102,127)(H,103,126)(H,104,121)(H,105,124)(H,106,125)/t55-,57+,62+,65-,68-,69-,70-,71?,72-,73-,74-,75-,76-,77-/m0/s1. The number of H-pyrrole nitrogens is 2. The highest BCUT2D eigenvalue weighted by atomic mass is 32.2.